The molecular formula is C17H19N3O2S. The zero-order chi connectivity index (χ0) is 16.2. The second-order valence-corrected chi connectivity index (χ2v) is 6.40. The number of thioether (sulfide) groups is 1. The van der Waals surface area contributed by atoms with Gasteiger partial charge in [0.2, 0.25) is 0 Å². The number of fused-ring (bicyclic) bond motifs is 1. The van der Waals surface area contributed by atoms with Crippen molar-refractivity contribution in [2.45, 2.75) is 25.1 Å². The van der Waals surface area contributed by atoms with Crippen molar-refractivity contribution in [3.05, 3.63) is 53.7 Å². The fourth-order valence-corrected chi connectivity index (χ4v) is 3.17. The van der Waals surface area contributed by atoms with Crippen molar-refractivity contribution in [3.8, 4) is 5.75 Å². The Morgan fingerprint density at radius 1 is 1.13 bits per heavy atom. The van der Waals surface area contributed by atoms with Gasteiger partial charge in [-0.2, -0.15) is 0 Å². The van der Waals surface area contributed by atoms with Crippen molar-refractivity contribution in [1.82, 2.24) is 14.6 Å². The Balaban J connectivity index is 1.57. The van der Waals surface area contributed by atoms with Crippen molar-refractivity contribution in [3.63, 3.8) is 0 Å². The van der Waals surface area contributed by atoms with E-state index < -0.39 is 6.10 Å². The summed E-state index contributed by atoms with van der Waals surface area (Å²) in [7, 11) is 0. The van der Waals surface area contributed by atoms with Crippen molar-refractivity contribution in [2.24, 2.45) is 0 Å². The van der Waals surface area contributed by atoms with Crippen LogP contribution in [0.25, 0.3) is 5.65 Å². The fraction of sp³-hybridized carbons (Fsp3) is 0.294. The molecule has 0 amide bonds. The van der Waals surface area contributed by atoms with E-state index in [1.54, 1.807) is 0 Å². The Kier molecular flexibility index (Phi) is 4.83. The first-order valence-corrected chi connectivity index (χ1v) is 8.43. The van der Waals surface area contributed by atoms with Gasteiger partial charge in [-0.1, -0.05) is 36.0 Å². The predicted molar refractivity (Wildman–Crippen MR) is 91.1 cm³/mol. The zero-order valence-corrected chi connectivity index (χ0v) is 14.0. The number of ether oxygens (including phenoxy) is 1. The molecular weight excluding hydrogens is 310 g/mol. The summed E-state index contributed by atoms with van der Waals surface area (Å²) in [5, 5.41) is 19.2. The lowest BCUT2D eigenvalue weighted by Gasteiger charge is -2.15. The first-order chi connectivity index (χ1) is 11.1. The monoisotopic (exact) mass is 329 g/mol. The van der Waals surface area contributed by atoms with Crippen LogP contribution in [0.15, 0.2) is 47.8 Å². The quantitative estimate of drug-likeness (QED) is 0.705. The van der Waals surface area contributed by atoms with Crippen molar-refractivity contribution >= 4 is 17.4 Å². The Morgan fingerprint density at radius 2 is 1.91 bits per heavy atom. The van der Waals surface area contributed by atoms with Crippen LogP contribution in [0.1, 0.15) is 11.1 Å². The minimum absolute atomic E-state index is 0.259. The minimum atomic E-state index is -0.574. The lowest BCUT2D eigenvalue weighted by molar-refractivity contribution is 0.125. The summed E-state index contributed by atoms with van der Waals surface area (Å²) in [5.74, 6) is 1.35. The maximum Gasteiger partial charge on any atom is 0.195 e. The summed E-state index contributed by atoms with van der Waals surface area (Å²) in [6, 6.07) is 11.8. The molecule has 1 N–H and O–H groups in total. The van der Waals surface area contributed by atoms with Crippen LogP contribution in [0.2, 0.25) is 0 Å². The Hall–Kier alpha value is -2.05. The molecule has 2 heterocycles. The summed E-state index contributed by atoms with van der Waals surface area (Å²) < 4.78 is 7.69. The predicted octanol–water partition coefficient (Wildman–Crippen LogP) is 2.88. The SMILES string of the molecule is Cc1cccc(C)c1OC[C@H](O)CSc1nnc2ccccn12. The molecule has 0 saturated carbocycles. The highest BCUT2D eigenvalue weighted by Crippen LogP contribution is 2.23. The molecule has 0 aliphatic rings. The highest BCUT2D eigenvalue weighted by Gasteiger charge is 2.12. The van der Waals surface area contributed by atoms with Crippen molar-refractivity contribution in [2.75, 3.05) is 12.4 Å². The van der Waals surface area contributed by atoms with Crippen LogP contribution in [0.5, 0.6) is 5.75 Å². The molecule has 5 nitrogen and oxygen atoms in total. The number of aryl methyl sites for hydroxylation is 2. The molecule has 0 fully saturated rings. The Bertz CT molecular complexity index is 783. The first-order valence-electron chi connectivity index (χ1n) is 7.45. The zero-order valence-electron chi connectivity index (χ0n) is 13.1. The largest absolute Gasteiger partial charge is 0.490 e. The number of para-hydroxylation sites is 1. The van der Waals surface area contributed by atoms with E-state index in [0.29, 0.717) is 5.75 Å². The standard InChI is InChI=1S/C17H19N3O2S/c1-12-6-5-7-13(2)16(12)22-10-14(21)11-23-17-19-18-15-8-3-4-9-20(15)17/h3-9,14,21H,10-11H2,1-2H3/t14-/m0/s1. The number of pyridine rings is 1. The highest BCUT2D eigenvalue weighted by atomic mass is 32.2. The van der Waals surface area contributed by atoms with Gasteiger partial charge in [-0.15, -0.1) is 10.2 Å². The molecule has 23 heavy (non-hydrogen) atoms. The van der Waals surface area contributed by atoms with Gasteiger partial charge >= 0.3 is 0 Å². The fourth-order valence-electron chi connectivity index (χ4n) is 2.34. The second-order valence-electron chi connectivity index (χ2n) is 5.41. The van der Waals surface area contributed by atoms with Crippen LogP contribution in [0.4, 0.5) is 0 Å². The van der Waals surface area contributed by atoms with Gasteiger partial charge in [-0.05, 0) is 37.1 Å². The smallest absolute Gasteiger partial charge is 0.195 e. The second kappa shape index (κ2) is 7.02. The van der Waals surface area contributed by atoms with E-state index in [1.807, 2.05) is 60.8 Å². The lowest BCUT2D eigenvalue weighted by Crippen LogP contribution is -2.20. The summed E-state index contributed by atoms with van der Waals surface area (Å²) in [6.07, 6.45) is 1.34. The van der Waals surface area contributed by atoms with Crippen LogP contribution in [0.3, 0.4) is 0 Å². The molecule has 0 aliphatic carbocycles. The molecule has 6 heteroatoms. The molecule has 1 aromatic carbocycles. The number of benzene rings is 1. The number of aromatic nitrogens is 3. The molecule has 1 atom stereocenters. The van der Waals surface area contributed by atoms with Crippen LogP contribution in [0, 0.1) is 13.8 Å². The maximum atomic E-state index is 10.2. The molecule has 0 bridgehead atoms. The summed E-state index contributed by atoms with van der Waals surface area (Å²) >= 11 is 1.47. The van der Waals surface area contributed by atoms with Crippen molar-refractivity contribution in [1.29, 1.82) is 0 Å². The van der Waals surface area contributed by atoms with Gasteiger partial charge in [-0.25, -0.2) is 0 Å². The van der Waals surface area contributed by atoms with Crippen LogP contribution in [-0.2, 0) is 0 Å². The van der Waals surface area contributed by atoms with E-state index in [-0.39, 0.29) is 6.61 Å². The molecule has 2 aromatic heterocycles. The van der Waals surface area contributed by atoms with Crippen LogP contribution in [-0.4, -0.2) is 38.2 Å². The van der Waals surface area contributed by atoms with Gasteiger partial charge in [0, 0.05) is 11.9 Å². The number of hydrogen-bond acceptors (Lipinski definition) is 5. The van der Waals surface area contributed by atoms with Gasteiger partial charge in [-0.3, -0.25) is 4.40 Å². The molecule has 0 saturated heterocycles. The van der Waals surface area contributed by atoms with E-state index in [4.69, 9.17) is 4.74 Å². The van der Waals surface area contributed by atoms with Gasteiger partial charge in [0.1, 0.15) is 12.4 Å². The van der Waals surface area contributed by atoms with Crippen LogP contribution >= 0.6 is 11.8 Å². The highest BCUT2D eigenvalue weighted by molar-refractivity contribution is 7.99. The molecule has 0 aliphatic heterocycles. The Morgan fingerprint density at radius 3 is 2.70 bits per heavy atom. The number of aliphatic hydroxyl groups excluding tert-OH is 1. The van der Waals surface area contributed by atoms with E-state index in [9.17, 15) is 5.11 Å². The number of hydrogen-bond donors (Lipinski definition) is 1. The summed E-state index contributed by atoms with van der Waals surface area (Å²) in [6.45, 7) is 4.27. The molecule has 3 rings (SSSR count). The average Bonchev–Trinajstić information content (AvgIpc) is 2.96. The third-order valence-corrected chi connectivity index (χ3v) is 4.60. The molecule has 0 unspecified atom stereocenters. The molecule has 0 radical (unpaired) electrons. The van der Waals surface area contributed by atoms with Gasteiger partial charge < -0.3 is 9.84 Å². The summed E-state index contributed by atoms with van der Waals surface area (Å²) in [5.41, 5.74) is 2.96. The van der Waals surface area contributed by atoms with E-state index in [0.717, 1.165) is 27.7 Å². The minimum Gasteiger partial charge on any atom is -0.490 e. The normalized spacial score (nSPS) is 12.5. The average molecular weight is 329 g/mol. The third-order valence-electron chi connectivity index (χ3n) is 3.52. The van der Waals surface area contributed by atoms with E-state index in [1.165, 1.54) is 11.8 Å². The first kappa shape index (κ1) is 15.8. The third kappa shape index (κ3) is 3.65. The molecule has 0 spiro atoms. The topological polar surface area (TPSA) is 59.7 Å². The van der Waals surface area contributed by atoms with Gasteiger partial charge in [0.05, 0.1) is 6.10 Å². The number of rotatable bonds is 6. The maximum absolute atomic E-state index is 10.2. The van der Waals surface area contributed by atoms with Crippen LogP contribution < -0.4 is 4.74 Å². The molecule has 120 valence electrons. The summed E-state index contributed by atoms with van der Waals surface area (Å²) in [4.78, 5) is 0. The lowest BCUT2D eigenvalue weighted by atomic mass is 10.1. The van der Waals surface area contributed by atoms with Gasteiger partial charge in [0.25, 0.3) is 0 Å². The van der Waals surface area contributed by atoms with E-state index >= 15 is 0 Å². The number of nitrogens with zero attached hydrogens (tertiary/aromatic N) is 3. The number of aliphatic hydroxyl groups is 1. The van der Waals surface area contributed by atoms with E-state index in [2.05, 4.69) is 10.2 Å². The molecule has 3 aromatic rings. The Labute approximate surface area is 139 Å². The van der Waals surface area contributed by atoms with Crippen molar-refractivity contribution < 1.29 is 9.84 Å². The van der Waals surface area contributed by atoms with Gasteiger partial charge in [0.15, 0.2) is 10.8 Å².